The summed E-state index contributed by atoms with van der Waals surface area (Å²) in [6.07, 6.45) is 0. The Hall–Kier alpha value is -2.82. The molecule has 3 aromatic heterocycles. The number of benzene rings is 3. The minimum Gasteiger partial charge on any atom is -0.206 e. The van der Waals surface area contributed by atoms with Crippen LogP contribution < -0.4 is 0 Å². The number of nitrogens with zero attached hydrogens (tertiary/aromatic N) is 2. The summed E-state index contributed by atoms with van der Waals surface area (Å²) in [6.45, 7) is 8.05. The van der Waals surface area contributed by atoms with E-state index >= 15 is 0 Å². The smallest absolute Gasteiger partial charge is 0.132 e. The maximum absolute atomic E-state index is 14.9. The van der Waals surface area contributed by atoms with E-state index in [2.05, 4.69) is 26.0 Å². The zero-order valence-corrected chi connectivity index (χ0v) is 26.5. The molecule has 0 fully saturated rings. The summed E-state index contributed by atoms with van der Waals surface area (Å²) in [6, 6.07) is 18.9. The fourth-order valence-corrected chi connectivity index (χ4v) is 10.5. The molecule has 0 amide bonds. The number of hydrogen-bond donors (Lipinski definition) is 0. The molecule has 204 valence electrons. The molecule has 0 radical (unpaired) electrons. The van der Waals surface area contributed by atoms with E-state index in [1.165, 1.54) is 21.5 Å². The summed E-state index contributed by atoms with van der Waals surface area (Å²) in [7, 11) is 0. The molecule has 0 atom stereocenters. The third-order valence-corrected chi connectivity index (χ3v) is 12.7. The van der Waals surface area contributed by atoms with Crippen LogP contribution in [-0.2, 0) is 0 Å². The molecule has 1 aliphatic heterocycles. The molecule has 0 aliphatic carbocycles. The lowest BCUT2D eigenvalue weighted by molar-refractivity contribution is 0.630. The molecule has 0 unspecified atom stereocenters. The lowest BCUT2D eigenvalue weighted by Crippen LogP contribution is -1.88. The Morgan fingerprint density at radius 2 is 1.05 bits per heavy atom. The number of aromatic nitrogens is 2. The van der Waals surface area contributed by atoms with E-state index in [1.807, 2.05) is 50.2 Å². The zero-order valence-electron chi connectivity index (χ0n) is 22.5. The molecule has 0 spiro atoms. The number of fused-ring (bicyclic) bond motifs is 2. The first-order valence-electron chi connectivity index (χ1n) is 12.9. The standard InChI is InChI=1S/C32H22F2N2S5/c1-15(2)32-39-30-26(24-11-9-22(37-24)18-7-5-16(3)13-20(18)33)28-29(36-41-35-28)27(31(30)40-32)25-12-10-23(38-25)19-8-6-17(4)14-21(19)34/h5-14H,1-4H3. The molecule has 0 saturated carbocycles. The van der Waals surface area contributed by atoms with Gasteiger partial charge in [0.1, 0.15) is 22.7 Å². The van der Waals surface area contributed by atoms with Gasteiger partial charge in [-0.2, -0.15) is 8.75 Å². The van der Waals surface area contributed by atoms with Gasteiger partial charge in [-0.05, 0) is 75.2 Å². The van der Waals surface area contributed by atoms with Crippen LogP contribution in [0.3, 0.4) is 0 Å². The van der Waals surface area contributed by atoms with Crippen molar-refractivity contribution in [3.63, 3.8) is 0 Å². The highest BCUT2D eigenvalue weighted by atomic mass is 32.2. The van der Waals surface area contributed by atoms with Crippen LogP contribution in [0.2, 0.25) is 0 Å². The first kappa shape index (κ1) is 27.0. The molecule has 1 aliphatic rings. The monoisotopic (exact) mass is 632 g/mol. The van der Waals surface area contributed by atoms with E-state index in [0.717, 1.165) is 62.6 Å². The van der Waals surface area contributed by atoms with Crippen molar-refractivity contribution in [3.05, 3.63) is 93.2 Å². The van der Waals surface area contributed by atoms with Crippen LogP contribution in [0, 0.1) is 25.5 Å². The van der Waals surface area contributed by atoms with Gasteiger partial charge in [-0.25, -0.2) is 8.78 Å². The first-order chi connectivity index (χ1) is 19.8. The summed E-state index contributed by atoms with van der Waals surface area (Å²) in [5, 5.41) is 0. The average molecular weight is 633 g/mol. The number of rotatable bonds is 4. The molecule has 7 rings (SSSR count). The molecule has 0 bridgehead atoms. The lowest BCUT2D eigenvalue weighted by atomic mass is 10.0. The van der Waals surface area contributed by atoms with Gasteiger partial charge in [-0.15, -0.1) is 22.7 Å². The highest BCUT2D eigenvalue weighted by Crippen LogP contribution is 2.61. The van der Waals surface area contributed by atoms with E-state index in [4.69, 9.17) is 8.75 Å². The van der Waals surface area contributed by atoms with E-state index < -0.39 is 0 Å². The van der Waals surface area contributed by atoms with Gasteiger partial charge < -0.3 is 0 Å². The highest BCUT2D eigenvalue weighted by Gasteiger charge is 2.32. The van der Waals surface area contributed by atoms with Crippen LogP contribution >= 0.6 is 57.9 Å². The summed E-state index contributed by atoms with van der Waals surface area (Å²) in [5.41, 5.74) is 8.05. The van der Waals surface area contributed by atoms with Crippen molar-refractivity contribution < 1.29 is 8.78 Å². The van der Waals surface area contributed by atoms with Gasteiger partial charge in [0.2, 0.25) is 0 Å². The minimum absolute atomic E-state index is 0.213. The number of thiophene rings is 2. The number of aryl methyl sites for hydroxylation is 2. The average Bonchev–Trinajstić information content (AvgIpc) is 3.74. The Bertz CT molecular complexity index is 1890. The van der Waals surface area contributed by atoms with E-state index in [-0.39, 0.29) is 11.6 Å². The van der Waals surface area contributed by atoms with Crippen molar-refractivity contribution in [2.24, 2.45) is 0 Å². The molecular weight excluding hydrogens is 611 g/mol. The van der Waals surface area contributed by atoms with Gasteiger partial charge in [-0.3, -0.25) is 0 Å². The quantitative estimate of drug-likeness (QED) is 0.193. The third kappa shape index (κ3) is 4.68. The van der Waals surface area contributed by atoms with Gasteiger partial charge in [0, 0.05) is 55.8 Å². The molecule has 9 heteroatoms. The first-order valence-corrected chi connectivity index (χ1v) is 16.9. The number of allylic oxidation sites excluding steroid dienone is 1. The normalized spacial score (nSPS) is 12.9. The van der Waals surface area contributed by atoms with Crippen molar-refractivity contribution in [2.45, 2.75) is 37.5 Å². The minimum atomic E-state index is -0.213. The Morgan fingerprint density at radius 1 is 0.610 bits per heavy atom. The van der Waals surface area contributed by atoms with Crippen LogP contribution in [0.4, 0.5) is 8.78 Å². The van der Waals surface area contributed by atoms with Gasteiger partial charge in [0.05, 0.1) is 11.7 Å². The Balaban J connectivity index is 1.42. The van der Waals surface area contributed by atoms with Gasteiger partial charge in [0.25, 0.3) is 0 Å². The molecule has 41 heavy (non-hydrogen) atoms. The fourth-order valence-electron chi connectivity index (χ4n) is 4.89. The molecule has 0 N–H and O–H groups in total. The Labute approximate surface area is 257 Å². The van der Waals surface area contributed by atoms with Crippen LogP contribution in [-0.4, -0.2) is 8.75 Å². The molecule has 2 nitrogen and oxygen atoms in total. The maximum Gasteiger partial charge on any atom is 0.132 e. The maximum atomic E-state index is 14.9. The molecule has 3 aromatic carbocycles. The van der Waals surface area contributed by atoms with E-state index in [9.17, 15) is 8.78 Å². The lowest BCUT2D eigenvalue weighted by Gasteiger charge is -2.11. The van der Waals surface area contributed by atoms with Crippen LogP contribution in [0.1, 0.15) is 25.0 Å². The fraction of sp³-hybridized carbons (Fsp3) is 0.125. The van der Waals surface area contributed by atoms with Crippen molar-refractivity contribution in [3.8, 4) is 41.8 Å². The molecule has 4 heterocycles. The predicted octanol–water partition coefficient (Wildman–Crippen LogP) is 11.8. The summed E-state index contributed by atoms with van der Waals surface area (Å²) in [4.78, 5) is 6.14. The summed E-state index contributed by atoms with van der Waals surface area (Å²) >= 11 is 7.89. The van der Waals surface area contributed by atoms with Gasteiger partial charge in [0.15, 0.2) is 0 Å². The molecular formula is C32H22F2N2S5. The number of hydrogen-bond acceptors (Lipinski definition) is 7. The van der Waals surface area contributed by atoms with Crippen molar-refractivity contribution in [1.82, 2.24) is 8.75 Å². The third-order valence-electron chi connectivity index (χ3n) is 6.91. The Morgan fingerprint density at radius 3 is 1.46 bits per heavy atom. The zero-order chi connectivity index (χ0) is 28.4. The largest absolute Gasteiger partial charge is 0.206 e. The van der Waals surface area contributed by atoms with Crippen molar-refractivity contribution in [1.29, 1.82) is 0 Å². The second kappa shape index (κ2) is 10.5. The number of thioether (sulfide) groups is 2. The predicted molar refractivity (Wildman–Crippen MR) is 174 cm³/mol. The van der Waals surface area contributed by atoms with Crippen LogP contribution in [0.15, 0.2) is 80.3 Å². The van der Waals surface area contributed by atoms with Gasteiger partial charge >= 0.3 is 0 Å². The highest BCUT2D eigenvalue weighted by molar-refractivity contribution is 8.24. The van der Waals surface area contributed by atoms with Crippen LogP contribution in [0.5, 0.6) is 0 Å². The second-order valence-electron chi connectivity index (χ2n) is 10.2. The van der Waals surface area contributed by atoms with Crippen molar-refractivity contribution >= 4 is 69.0 Å². The molecule has 6 aromatic rings. The second-order valence-corrected chi connectivity index (χ2v) is 15.2. The van der Waals surface area contributed by atoms with E-state index in [1.54, 1.807) is 58.3 Å². The Kier molecular flexibility index (Phi) is 6.90. The SMILES string of the molecule is CC(C)=C1Sc2c(c(-c3ccc(-c4ccc(C)cc4F)s3)c3nsnc3c2-c2ccc(-c3ccc(C)cc3F)s2)S1. The number of halogens is 2. The van der Waals surface area contributed by atoms with Gasteiger partial charge in [-0.1, -0.05) is 53.4 Å². The van der Waals surface area contributed by atoms with Crippen LogP contribution in [0.25, 0.3) is 52.8 Å². The molecule has 0 saturated heterocycles. The van der Waals surface area contributed by atoms with Crippen molar-refractivity contribution in [2.75, 3.05) is 0 Å². The van der Waals surface area contributed by atoms with E-state index in [0.29, 0.717) is 11.1 Å². The summed E-state index contributed by atoms with van der Waals surface area (Å²) < 4.78 is 40.6. The summed E-state index contributed by atoms with van der Waals surface area (Å²) in [5.74, 6) is -0.426. The topological polar surface area (TPSA) is 25.8 Å².